The van der Waals surface area contributed by atoms with E-state index in [9.17, 15) is 22.8 Å². The second kappa shape index (κ2) is 9.00. The highest BCUT2D eigenvalue weighted by atomic mass is 35.5. The van der Waals surface area contributed by atoms with Crippen molar-refractivity contribution in [2.45, 2.75) is 19.3 Å². The van der Waals surface area contributed by atoms with Crippen molar-refractivity contribution in [1.29, 1.82) is 0 Å². The summed E-state index contributed by atoms with van der Waals surface area (Å²) in [6, 6.07) is 6.32. The quantitative estimate of drug-likeness (QED) is 0.597. The Balaban J connectivity index is 1.62. The van der Waals surface area contributed by atoms with Crippen LogP contribution in [0.25, 0.3) is 0 Å². The van der Waals surface area contributed by atoms with Crippen molar-refractivity contribution >= 4 is 39.2 Å². The van der Waals surface area contributed by atoms with Crippen molar-refractivity contribution in [1.82, 2.24) is 16.2 Å². The minimum Gasteiger partial charge on any atom is -0.352 e. The Bertz CT molecular complexity index is 780. The number of amides is 3. The molecule has 1 fully saturated rings. The second-order valence-corrected chi connectivity index (χ2v) is 8.75. The molecule has 1 saturated heterocycles. The third-order valence-corrected chi connectivity index (χ3v) is 5.98. The van der Waals surface area contributed by atoms with Gasteiger partial charge >= 0.3 is 0 Å². The fourth-order valence-corrected chi connectivity index (χ4v) is 4.53. The maximum absolute atomic E-state index is 11.8. The lowest BCUT2D eigenvalue weighted by Crippen LogP contribution is -2.43. The van der Waals surface area contributed by atoms with E-state index in [4.69, 9.17) is 11.6 Å². The number of nitrogens with one attached hydrogen (secondary N) is 3. The van der Waals surface area contributed by atoms with E-state index in [2.05, 4.69) is 16.2 Å². The number of carbonyl (C=O) groups is 3. The summed E-state index contributed by atoms with van der Waals surface area (Å²) in [7, 11) is -3.03. The third kappa shape index (κ3) is 6.64. The molecule has 0 aromatic heterocycles. The molecule has 1 heterocycles. The molecular weight excluding hydrogens is 382 g/mol. The molecule has 0 aliphatic carbocycles. The maximum atomic E-state index is 11.8. The van der Waals surface area contributed by atoms with Crippen molar-refractivity contribution in [3.05, 3.63) is 34.9 Å². The predicted octanol–water partition coefficient (Wildman–Crippen LogP) is 0.432. The lowest BCUT2D eigenvalue weighted by atomic mass is 10.1. The van der Waals surface area contributed by atoms with E-state index in [-0.39, 0.29) is 42.7 Å². The summed E-state index contributed by atoms with van der Waals surface area (Å²) in [5.74, 6) is -1.34. The summed E-state index contributed by atoms with van der Waals surface area (Å²) in [4.78, 5) is 35.2. The number of hydrogen-bond acceptors (Lipinski definition) is 5. The summed E-state index contributed by atoms with van der Waals surface area (Å²) < 4.78 is 22.7. The molecule has 1 aliphatic rings. The number of hydrogen-bond donors (Lipinski definition) is 3. The lowest BCUT2D eigenvalue weighted by molar-refractivity contribution is -0.129. The normalized spacial score (nSPS) is 18.1. The first-order chi connectivity index (χ1) is 12.2. The van der Waals surface area contributed by atoms with Crippen molar-refractivity contribution in [2.75, 3.05) is 18.1 Å². The van der Waals surface area contributed by atoms with Crippen molar-refractivity contribution in [2.24, 2.45) is 5.92 Å². The molecule has 1 aromatic carbocycles. The summed E-state index contributed by atoms with van der Waals surface area (Å²) in [6.45, 7) is 0.101. The van der Waals surface area contributed by atoms with Gasteiger partial charge in [-0.05, 0) is 36.6 Å². The minimum absolute atomic E-state index is 0.00506. The standard InChI is InChI=1S/C16H20ClN3O5S/c17-13-3-1-12(2-4-13)16(23)18-7-5-14(21)19-20-15(22)9-11-6-8-26(24,25)10-11/h1-4,11H,5-10H2,(H,18,23)(H,19,21)(H,20,22)/t11-/m1/s1. The van der Waals surface area contributed by atoms with Crippen LogP contribution in [0.4, 0.5) is 0 Å². The molecule has 8 nitrogen and oxygen atoms in total. The van der Waals surface area contributed by atoms with E-state index in [0.717, 1.165) is 0 Å². The van der Waals surface area contributed by atoms with Gasteiger partial charge < -0.3 is 5.32 Å². The first kappa shape index (κ1) is 20.2. The summed E-state index contributed by atoms with van der Waals surface area (Å²) in [5, 5.41) is 3.10. The highest BCUT2D eigenvalue weighted by Gasteiger charge is 2.29. The maximum Gasteiger partial charge on any atom is 0.251 e. The third-order valence-electron chi connectivity index (χ3n) is 3.89. The molecule has 0 radical (unpaired) electrons. The van der Waals surface area contributed by atoms with Crippen LogP contribution >= 0.6 is 11.6 Å². The van der Waals surface area contributed by atoms with E-state index in [1.807, 2.05) is 0 Å². The molecule has 1 atom stereocenters. The van der Waals surface area contributed by atoms with Gasteiger partial charge in [-0.3, -0.25) is 25.2 Å². The fraction of sp³-hybridized carbons (Fsp3) is 0.438. The highest BCUT2D eigenvalue weighted by Crippen LogP contribution is 2.21. The Labute approximate surface area is 156 Å². The van der Waals surface area contributed by atoms with Crippen LogP contribution in [0.1, 0.15) is 29.6 Å². The highest BCUT2D eigenvalue weighted by molar-refractivity contribution is 7.91. The van der Waals surface area contributed by atoms with E-state index >= 15 is 0 Å². The van der Waals surface area contributed by atoms with Crippen LogP contribution in [0, 0.1) is 5.92 Å². The van der Waals surface area contributed by atoms with Crippen LogP contribution in [-0.2, 0) is 19.4 Å². The Kier molecular flexibility index (Phi) is 6.98. The Hall–Kier alpha value is -2.13. The Morgan fingerprint density at radius 1 is 1.08 bits per heavy atom. The molecule has 0 saturated carbocycles. The van der Waals surface area contributed by atoms with Crippen LogP contribution in [0.15, 0.2) is 24.3 Å². The van der Waals surface area contributed by atoms with Crippen molar-refractivity contribution < 1.29 is 22.8 Å². The van der Waals surface area contributed by atoms with Crippen molar-refractivity contribution in [3.63, 3.8) is 0 Å². The number of rotatable bonds is 6. The zero-order chi connectivity index (χ0) is 19.2. The van der Waals surface area contributed by atoms with E-state index < -0.39 is 21.7 Å². The number of hydrazine groups is 1. The van der Waals surface area contributed by atoms with E-state index in [1.54, 1.807) is 24.3 Å². The SMILES string of the molecule is O=C(CCNC(=O)c1ccc(Cl)cc1)NNC(=O)C[C@H]1CCS(=O)(=O)C1. The minimum atomic E-state index is -3.03. The molecule has 0 unspecified atom stereocenters. The first-order valence-corrected chi connectivity index (χ1v) is 10.3. The van der Waals surface area contributed by atoms with Gasteiger partial charge in [-0.2, -0.15) is 0 Å². The van der Waals surface area contributed by atoms with Gasteiger partial charge in [0.15, 0.2) is 9.84 Å². The van der Waals surface area contributed by atoms with Crippen LogP contribution in [0.3, 0.4) is 0 Å². The number of carbonyl (C=O) groups excluding carboxylic acids is 3. The number of sulfone groups is 1. The average molecular weight is 402 g/mol. The lowest BCUT2D eigenvalue weighted by Gasteiger charge is -2.10. The zero-order valence-electron chi connectivity index (χ0n) is 14.0. The largest absolute Gasteiger partial charge is 0.352 e. The van der Waals surface area contributed by atoms with Crippen LogP contribution in [0.2, 0.25) is 5.02 Å². The molecule has 0 bridgehead atoms. The summed E-state index contributed by atoms with van der Waals surface area (Å²) in [5.41, 5.74) is 4.92. The smallest absolute Gasteiger partial charge is 0.251 e. The molecule has 10 heteroatoms. The van der Waals surface area contributed by atoms with Gasteiger partial charge in [-0.1, -0.05) is 11.6 Å². The van der Waals surface area contributed by atoms with Crippen LogP contribution in [0.5, 0.6) is 0 Å². The van der Waals surface area contributed by atoms with Crippen LogP contribution < -0.4 is 16.2 Å². The van der Waals surface area contributed by atoms with Gasteiger partial charge in [-0.25, -0.2) is 8.42 Å². The van der Waals surface area contributed by atoms with Gasteiger partial charge in [0.1, 0.15) is 0 Å². The molecule has 0 spiro atoms. The van der Waals surface area contributed by atoms with E-state index in [1.165, 1.54) is 0 Å². The van der Waals surface area contributed by atoms with Gasteiger partial charge in [0.05, 0.1) is 11.5 Å². The fourth-order valence-electron chi connectivity index (χ4n) is 2.54. The molecule has 1 aliphatic heterocycles. The van der Waals surface area contributed by atoms with Crippen molar-refractivity contribution in [3.8, 4) is 0 Å². The molecule has 1 aromatic rings. The monoisotopic (exact) mass is 401 g/mol. The van der Waals surface area contributed by atoms with Gasteiger partial charge in [0.25, 0.3) is 5.91 Å². The first-order valence-electron chi connectivity index (χ1n) is 8.07. The predicted molar refractivity (Wildman–Crippen MR) is 96.1 cm³/mol. The zero-order valence-corrected chi connectivity index (χ0v) is 15.5. The molecule has 3 amide bonds. The van der Waals surface area contributed by atoms with E-state index in [0.29, 0.717) is 17.0 Å². The second-order valence-electron chi connectivity index (χ2n) is 6.08. The molecular formula is C16H20ClN3O5S. The molecule has 3 N–H and O–H groups in total. The Morgan fingerprint density at radius 3 is 2.35 bits per heavy atom. The van der Waals surface area contributed by atoms with Gasteiger partial charge in [-0.15, -0.1) is 0 Å². The summed E-state index contributed by atoms with van der Waals surface area (Å²) >= 11 is 5.74. The Morgan fingerprint density at radius 2 is 1.73 bits per heavy atom. The number of halogens is 1. The molecule has 2 rings (SSSR count). The van der Waals surface area contributed by atoms with Gasteiger partial charge in [0, 0.05) is 30.0 Å². The number of benzene rings is 1. The molecule has 142 valence electrons. The van der Waals surface area contributed by atoms with Gasteiger partial charge in [0.2, 0.25) is 11.8 Å². The topological polar surface area (TPSA) is 121 Å². The van der Waals surface area contributed by atoms with Crippen LogP contribution in [-0.4, -0.2) is 44.2 Å². The average Bonchev–Trinajstić information content (AvgIpc) is 2.92. The summed E-state index contributed by atoms with van der Waals surface area (Å²) in [6.07, 6.45) is 0.491. The molecule has 26 heavy (non-hydrogen) atoms.